The van der Waals surface area contributed by atoms with Gasteiger partial charge < -0.3 is 0 Å². The molecule has 0 bridgehead atoms. The highest BCUT2D eigenvalue weighted by Crippen LogP contribution is 2.47. The van der Waals surface area contributed by atoms with Gasteiger partial charge in [-0.05, 0) is 35.4 Å². The van der Waals surface area contributed by atoms with Gasteiger partial charge >= 0.3 is 0 Å². The van der Waals surface area contributed by atoms with Crippen LogP contribution in [0.25, 0.3) is 0 Å². The van der Waals surface area contributed by atoms with Crippen molar-refractivity contribution in [2.45, 2.75) is 18.7 Å². The summed E-state index contributed by atoms with van der Waals surface area (Å²) in [7, 11) is 0. The summed E-state index contributed by atoms with van der Waals surface area (Å²) in [6.45, 7) is 0.247. The van der Waals surface area contributed by atoms with E-state index in [4.69, 9.17) is 16.4 Å². The molecule has 5 nitrogen and oxygen atoms in total. The summed E-state index contributed by atoms with van der Waals surface area (Å²) in [6.07, 6.45) is -0.845. The van der Waals surface area contributed by atoms with Crippen molar-refractivity contribution in [2.24, 2.45) is 5.92 Å². The molecule has 6 heteroatoms. The van der Waals surface area contributed by atoms with E-state index in [-0.39, 0.29) is 18.4 Å². The van der Waals surface area contributed by atoms with Gasteiger partial charge in [-0.2, -0.15) is 0 Å². The molecule has 3 aromatic rings. The predicted molar refractivity (Wildman–Crippen MR) is 113 cm³/mol. The molecule has 2 aliphatic rings. The quantitative estimate of drug-likeness (QED) is 0.590. The number of rotatable bonds is 4. The van der Waals surface area contributed by atoms with Gasteiger partial charge in [0.1, 0.15) is 5.92 Å². The summed E-state index contributed by atoms with van der Waals surface area (Å²) in [5, 5.41) is 2.28. The fraction of sp³-hybridized carbons (Fsp3) is 0.167. The lowest BCUT2D eigenvalue weighted by Crippen LogP contribution is -2.36. The number of hydrogen-bond donors (Lipinski definition) is 0. The van der Waals surface area contributed by atoms with Gasteiger partial charge in [0.05, 0.1) is 18.3 Å². The Morgan fingerprint density at radius 1 is 0.800 bits per heavy atom. The molecule has 0 aromatic heterocycles. The normalized spacial score (nSPS) is 23.2. The first kappa shape index (κ1) is 18.9. The zero-order valence-corrected chi connectivity index (χ0v) is 16.8. The Bertz CT molecular complexity index is 1070. The van der Waals surface area contributed by atoms with E-state index in [1.165, 1.54) is 4.90 Å². The molecule has 2 saturated heterocycles. The number of benzene rings is 3. The first-order valence-corrected chi connectivity index (χ1v) is 10.2. The molecule has 0 spiro atoms. The van der Waals surface area contributed by atoms with Crippen LogP contribution in [0.5, 0.6) is 0 Å². The maximum atomic E-state index is 13.4. The van der Waals surface area contributed by atoms with E-state index in [2.05, 4.69) is 0 Å². The standard InChI is InChI=1S/C24H19ClN2O3/c25-18-11-13-19(14-12-18)27-21(17-9-5-2-6-10-17)20-22(30-27)24(29)26(23(20)28)15-16-7-3-1-4-8-16/h1-14,20-22H,15H2/t20-,21+,22+/m0/s1. The molecule has 2 heterocycles. The molecule has 0 saturated carbocycles. The Labute approximate surface area is 179 Å². The summed E-state index contributed by atoms with van der Waals surface area (Å²) in [5.41, 5.74) is 2.57. The van der Waals surface area contributed by atoms with E-state index in [9.17, 15) is 9.59 Å². The molecular weight excluding hydrogens is 400 g/mol. The highest BCUT2D eigenvalue weighted by molar-refractivity contribution is 6.30. The number of hydrogen-bond acceptors (Lipinski definition) is 4. The number of imide groups is 1. The second kappa shape index (κ2) is 7.59. The molecule has 3 aromatic carbocycles. The van der Waals surface area contributed by atoms with Crippen LogP contribution in [-0.4, -0.2) is 22.8 Å². The third-order valence-electron chi connectivity index (χ3n) is 5.61. The molecule has 0 aliphatic carbocycles. The van der Waals surface area contributed by atoms with E-state index >= 15 is 0 Å². The zero-order valence-electron chi connectivity index (χ0n) is 16.0. The van der Waals surface area contributed by atoms with Crippen molar-refractivity contribution in [2.75, 3.05) is 5.06 Å². The van der Waals surface area contributed by atoms with Crippen molar-refractivity contribution in [1.82, 2.24) is 4.90 Å². The van der Waals surface area contributed by atoms with Crippen molar-refractivity contribution in [3.8, 4) is 0 Å². The second-order valence-electron chi connectivity index (χ2n) is 7.46. The molecule has 2 aliphatic heterocycles. The highest BCUT2D eigenvalue weighted by Gasteiger charge is 2.59. The van der Waals surface area contributed by atoms with Crippen molar-refractivity contribution in [3.05, 3.63) is 101 Å². The van der Waals surface area contributed by atoms with E-state index in [1.54, 1.807) is 17.2 Å². The molecule has 30 heavy (non-hydrogen) atoms. The molecule has 150 valence electrons. The van der Waals surface area contributed by atoms with Gasteiger partial charge in [-0.15, -0.1) is 0 Å². The topological polar surface area (TPSA) is 49.9 Å². The maximum absolute atomic E-state index is 13.4. The molecule has 2 fully saturated rings. The number of carbonyl (C=O) groups is 2. The smallest absolute Gasteiger partial charge is 0.262 e. The van der Waals surface area contributed by atoms with Crippen LogP contribution in [0.1, 0.15) is 17.2 Å². The number of fused-ring (bicyclic) bond motifs is 1. The van der Waals surface area contributed by atoms with Crippen LogP contribution in [0.3, 0.4) is 0 Å². The number of amides is 2. The Hall–Kier alpha value is -3.15. The van der Waals surface area contributed by atoms with Gasteiger partial charge in [-0.25, -0.2) is 5.06 Å². The Kier molecular flexibility index (Phi) is 4.77. The number of nitrogens with zero attached hydrogens (tertiary/aromatic N) is 2. The minimum absolute atomic E-state index is 0.209. The second-order valence-corrected chi connectivity index (χ2v) is 7.89. The number of carbonyl (C=O) groups excluding carboxylic acids is 2. The Balaban J connectivity index is 1.51. The number of halogens is 1. The van der Waals surface area contributed by atoms with Crippen LogP contribution in [0.4, 0.5) is 5.69 Å². The molecule has 2 amide bonds. The zero-order chi connectivity index (χ0) is 20.7. The largest absolute Gasteiger partial charge is 0.275 e. The maximum Gasteiger partial charge on any atom is 0.262 e. The summed E-state index contributed by atoms with van der Waals surface area (Å²) >= 11 is 6.04. The lowest BCUT2D eigenvalue weighted by Gasteiger charge is -2.28. The first-order valence-electron chi connectivity index (χ1n) is 9.79. The van der Waals surface area contributed by atoms with Crippen molar-refractivity contribution < 1.29 is 14.4 Å². The average molecular weight is 419 g/mol. The van der Waals surface area contributed by atoms with Gasteiger partial charge in [0.15, 0.2) is 6.10 Å². The molecule has 3 atom stereocenters. The average Bonchev–Trinajstić information content (AvgIpc) is 3.28. The third-order valence-corrected chi connectivity index (χ3v) is 5.86. The van der Waals surface area contributed by atoms with Gasteiger partial charge in [0.2, 0.25) is 5.91 Å². The van der Waals surface area contributed by atoms with Crippen LogP contribution in [0.2, 0.25) is 5.02 Å². The van der Waals surface area contributed by atoms with E-state index < -0.39 is 18.1 Å². The first-order chi connectivity index (χ1) is 14.6. The minimum Gasteiger partial charge on any atom is -0.275 e. The van der Waals surface area contributed by atoms with E-state index in [0.717, 1.165) is 16.8 Å². The van der Waals surface area contributed by atoms with E-state index in [1.807, 2.05) is 72.8 Å². The number of likely N-dealkylation sites (tertiary alicyclic amines) is 1. The van der Waals surface area contributed by atoms with Crippen LogP contribution in [0.15, 0.2) is 84.9 Å². The highest BCUT2D eigenvalue weighted by atomic mass is 35.5. The SMILES string of the molecule is O=C1[C@H]2[C@@H](c3ccccc3)N(c3ccc(Cl)cc3)O[C@H]2C(=O)N1Cc1ccccc1. The minimum atomic E-state index is -0.845. The Morgan fingerprint density at radius 2 is 1.43 bits per heavy atom. The van der Waals surface area contributed by atoms with Crippen molar-refractivity contribution >= 4 is 29.1 Å². The molecule has 5 rings (SSSR count). The van der Waals surface area contributed by atoms with Crippen molar-refractivity contribution in [1.29, 1.82) is 0 Å². The summed E-state index contributed by atoms with van der Waals surface area (Å²) < 4.78 is 0. The summed E-state index contributed by atoms with van der Waals surface area (Å²) in [4.78, 5) is 34.0. The molecule has 0 radical (unpaired) electrons. The van der Waals surface area contributed by atoms with Crippen molar-refractivity contribution in [3.63, 3.8) is 0 Å². The fourth-order valence-electron chi connectivity index (χ4n) is 4.19. The number of anilines is 1. The van der Waals surface area contributed by atoms with Gasteiger partial charge in [0, 0.05) is 5.02 Å². The molecular formula is C24H19ClN2O3. The Morgan fingerprint density at radius 3 is 2.10 bits per heavy atom. The lowest BCUT2D eigenvalue weighted by atomic mass is 9.90. The molecule has 0 N–H and O–H groups in total. The fourth-order valence-corrected chi connectivity index (χ4v) is 4.32. The monoisotopic (exact) mass is 418 g/mol. The van der Waals surface area contributed by atoms with Crippen LogP contribution in [0, 0.1) is 5.92 Å². The van der Waals surface area contributed by atoms with Crippen LogP contribution in [-0.2, 0) is 21.0 Å². The van der Waals surface area contributed by atoms with Gasteiger partial charge in [-0.3, -0.25) is 19.3 Å². The van der Waals surface area contributed by atoms with Crippen LogP contribution >= 0.6 is 11.6 Å². The number of hydroxylamine groups is 1. The summed E-state index contributed by atoms with van der Waals surface area (Å²) in [6, 6.07) is 26.0. The lowest BCUT2D eigenvalue weighted by molar-refractivity contribution is -0.143. The van der Waals surface area contributed by atoms with Crippen LogP contribution < -0.4 is 5.06 Å². The summed E-state index contributed by atoms with van der Waals surface area (Å²) in [5.74, 6) is -1.12. The van der Waals surface area contributed by atoms with Gasteiger partial charge in [-0.1, -0.05) is 72.3 Å². The predicted octanol–water partition coefficient (Wildman–Crippen LogP) is 4.39. The van der Waals surface area contributed by atoms with E-state index in [0.29, 0.717) is 5.02 Å². The third kappa shape index (κ3) is 3.16. The molecule has 0 unspecified atom stereocenters. The van der Waals surface area contributed by atoms with Gasteiger partial charge in [0.25, 0.3) is 5.91 Å².